The fraction of sp³-hybridized carbons (Fsp3) is 0.333. The molecule has 0 heterocycles. The third kappa shape index (κ3) is 2.93. The van der Waals surface area contributed by atoms with Crippen LogP contribution in [0.15, 0.2) is 42.5 Å². The van der Waals surface area contributed by atoms with Crippen molar-refractivity contribution in [2.75, 3.05) is 0 Å². The Hall–Kier alpha value is -1.87. The number of hydrogen-bond donors (Lipinski definition) is 1. The van der Waals surface area contributed by atoms with Crippen molar-refractivity contribution in [2.24, 2.45) is 5.73 Å². The molecule has 2 aromatic carbocycles. The zero-order valence-corrected chi connectivity index (χ0v) is 12.2. The Balaban J connectivity index is 1.86. The Morgan fingerprint density at radius 3 is 2.81 bits per heavy atom. The molecular weight excluding hydrogens is 265 g/mol. The molecule has 2 nitrogen and oxygen atoms in total. The van der Waals surface area contributed by atoms with Gasteiger partial charge in [0, 0.05) is 0 Å². The second-order valence-corrected chi connectivity index (χ2v) is 5.68. The molecule has 1 aliphatic rings. The van der Waals surface area contributed by atoms with E-state index in [1.165, 1.54) is 23.3 Å². The largest absolute Gasteiger partial charge is 0.488 e. The van der Waals surface area contributed by atoms with E-state index in [1.54, 1.807) is 6.07 Å². The first-order chi connectivity index (χ1) is 10.1. The van der Waals surface area contributed by atoms with Crippen LogP contribution < -0.4 is 10.5 Å². The van der Waals surface area contributed by atoms with E-state index < -0.39 is 0 Å². The predicted molar refractivity (Wildman–Crippen MR) is 81.9 cm³/mol. The number of fused-ring (bicyclic) bond motifs is 1. The van der Waals surface area contributed by atoms with Crippen LogP contribution in [0.25, 0.3) is 0 Å². The molecule has 0 aliphatic heterocycles. The lowest BCUT2D eigenvalue weighted by atomic mass is 9.98. The van der Waals surface area contributed by atoms with Crippen molar-refractivity contribution in [3.05, 3.63) is 65.0 Å². The van der Waals surface area contributed by atoms with Gasteiger partial charge < -0.3 is 10.5 Å². The Bertz CT molecular complexity index is 641. The topological polar surface area (TPSA) is 35.2 Å². The summed E-state index contributed by atoms with van der Waals surface area (Å²) in [5.74, 6) is 0.478. The molecule has 0 bridgehead atoms. The molecule has 0 fully saturated rings. The number of rotatable bonds is 2. The Morgan fingerprint density at radius 1 is 1.19 bits per heavy atom. The van der Waals surface area contributed by atoms with Crippen molar-refractivity contribution < 1.29 is 9.13 Å². The summed E-state index contributed by atoms with van der Waals surface area (Å²) in [7, 11) is 0. The third-order valence-corrected chi connectivity index (χ3v) is 4.16. The minimum absolute atomic E-state index is 0.0715. The van der Waals surface area contributed by atoms with Crippen LogP contribution in [0.4, 0.5) is 4.39 Å². The molecule has 1 aliphatic carbocycles. The first-order valence-electron chi connectivity index (χ1n) is 7.41. The van der Waals surface area contributed by atoms with Crippen LogP contribution in [-0.4, -0.2) is 6.10 Å². The molecule has 0 radical (unpaired) electrons. The Labute approximate surface area is 124 Å². The van der Waals surface area contributed by atoms with Gasteiger partial charge in [-0.3, -0.25) is 0 Å². The highest BCUT2D eigenvalue weighted by Gasteiger charge is 2.26. The molecule has 2 atom stereocenters. The van der Waals surface area contributed by atoms with Crippen molar-refractivity contribution >= 4 is 0 Å². The third-order valence-electron chi connectivity index (χ3n) is 4.16. The lowest BCUT2D eigenvalue weighted by Crippen LogP contribution is -2.31. The summed E-state index contributed by atoms with van der Waals surface area (Å²) in [6, 6.07) is 12.8. The van der Waals surface area contributed by atoms with Gasteiger partial charge in [-0.05, 0) is 61.1 Å². The van der Waals surface area contributed by atoms with Gasteiger partial charge in [0.25, 0.3) is 0 Å². The van der Waals surface area contributed by atoms with E-state index in [9.17, 15) is 4.39 Å². The van der Waals surface area contributed by atoms with Crippen LogP contribution in [0.1, 0.15) is 35.6 Å². The maximum atomic E-state index is 13.2. The predicted octanol–water partition coefficient (Wildman–Crippen LogP) is 3.92. The summed E-state index contributed by atoms with van der Waals surface area (Å²) < 4.78 is 19.3. The van der Waals surface area contributed by atoms with Crippen molar-refractivity contribution in [3.8, 4) is 5.75 Å². The zero-order valence-electron chi connectivity index (χ0n) is 12.2. The molecule has 2 unspecified atom stereocenters. The van der Waals surface area contributed by atoms with Crippen LogP contribution in [0.2, 0.25) is 0 Å². The number of hydrogen-bond acceptors (Lipinski definition) is 2. The highest BCUT2D eigenvalue weighted by Crippen LogP contribution is 2.31. The van der Waals surface area contributed by atoms with Crippen LogP contribution in [0.5, 0.6) is 5.75 Å². The van der Waals surface area contributed by atoms with Crippen molar-refractivity contribution in [2.45, 2.75) is 38.3 Å². The summed E-state index contributed by atoms with van der Waals surface area (Å²) in [6.07, 6.45) is 2.92. The molecule has 3 rings (SSSR count). The van der Waals surface area contributed by atoms with Gasteiger partial charge in [-0.1, -0.05) is 24.3 Å². The second kappa shape index (κ2) is 5.86. The molecule has 2 aromatic rings. The van der Waals surface area contributed by atoms with Gasteiger partial charge in [0.05, 0.1) is 6.04 Å². The molecule has 2 N–H and O–H groups in total. The van der Waals surface area contributed by atoms with Gasteiger partial charge in [0.1, 0.15) is 17.7 Å². The zero-order chi connectivity index (χ0) is 14.8. The maximum absolute atomic E-state index is 13.2. The minimum Gasteiger partial charge on any atom is -0.488 e. The smallest absolute Gasteiger partial charge is 0.123 e. The van der Waals surface area contributed by atoms with E-state index in [-0.39, 0.29) is 18.0 Å². The van der Waals surface area contributed by atoms with Crippen molar-refractivity contribution in [1.29, 1.82) is 0 Å². The van der Waals surface area contributed by atoms with E-state index in [2.05, 4.69) is 18.2 Å². The first kappa shape index (κ1) is 14.1. The molecule has 21 heavy (non-hydrogen) atoms. The first-order valence-corrected chi connectivity index (χ1v) is 7.41. The lowest BCUT2D eigenvalue weighted by molar-refractivity contribution is 0.161. The summed E-state index contributed by atoms with van der Waals surface area (Å²) in [5.41, 5.74) is 9.70. The van der Waals surface area contributed by atoms with E-state index in [1.807, 2.05) is 13.0 Å². The van der Waals surface area contributed by atoms with Crippen LogP contribution >= 0.6 is 0 Å². The summed E-state index contributed by atoms with van der Waals surface area (Å²) in [4.78, 5) is 0. The Kier molecular flexibility index (Phi) is 3.93. The molecule has 0 spiro atoms. The quantitative estimate of drug-likeness (QED) is 0.849. The van der Waals surface area contributed by atoms with E-state index in [0.29, 0.717) is 0 Å². The lowest BCUT2D eigenvalue weighted by Gasteiger charge is -2.25. The molecule has 0 aromatic heterocycles. The number of benzene rings is 2. The van der Waals surface area contributed by atoms with Crippen LogP contribution in [-0.2, 0) is 6.42 Å². The molecule has 3 heteroatoms. The highest BCUT2D eigenvalue weighted by atomic mass is 19.1. The van der Waals surface area contributed by atoms with Gasteiger partial charge in [-0.15, -0.1) is 0 Å². The molecular formula is C18H20FNO. The standard InChI is InChI=1S/C18H20FNO/c1-12-11-14(19)9-10-16(12)21-17-8-4-6-13-5-2-3-7-15(13)18(17)20/h2-3,5,7,9-11,17-18H,4,6,8,20H2,1H3. The molecule has 0 amide bonds. The van der Waals surface area contributed by atoms with Gasteiger partial charge in [-0.25, -0.2) is 4.39 Å². The summed E-state index contributed by atoms with van der Waals surface area (Å²) in [6.45, 7) is 1.86. The van der Waals surface area contributed by atoms with Gasteiger partial charge in [0.15, 0.2) is 0 Å². The summed E-state index contributed by atoms with van der Waals surface area (Å²) >= 11 is 0. The number of ether oxygens (including phenoxy) is 1. The fourth-order valence-electron chi connectivity index (χ4n) is 3.00. The number of halogens is 1. The van der Waals surface area contributed by atoms with Crippen LogP contribution in [0.3, 0.4) is 0 Å². The van der Waals surface area contributed by atoms with E-state index in [4.69, 9.17) is 10.5 Å². The molecule has 110 valence electrons. The number of aryl methyl sites for hydroxylation is 2. The maximum Gasteiger partial charge on any atom is 0.123 e. The minimum atomic E-state index is -0.240. The fourth-order valence-corrected chi connectivity index (χ4v) is 3.00. The SMILES string of the molecule is Cc1cc(F)ccc1OC1CCCc2ccccc2C1N. The van der Waals surface area contributed by atoms with Crippen LogP contribution in [0, 0.1) is 12.7 Å². The van der Waals surface area contributed by atoms with E-state index >= 15 is 0 Å². The average molecular weight is 285 g/mol. The molecule has 0 saturated carbocycles. The average Bonchev–Trinajstić information content (AvgIpc) is 2.63. The van der Waals surface area contributed by atoms with Crippen molar-refractivity contribution in [3.63, 3.8) is 0 Å². The van der Waals surface area contributed by atoms with Gasteiger partial charge >= 0.3 is 0 Å². The second-order valence-electron chi connectivity index (χ2n) is 5.68. The Morgan fingerprint density at radius 2 is 2.00 bits per heavy atom. The summed E-state index contributed by atoms with van der Waals surface area (Å²) in [5, 5.41) is 0. The normalized spacial score (nSPS) is 21.5. The van der Waals surface area contributed by atoms with Crippen molar-refractivity contribution in [1.82, 2.24) is 0 Å². The highest BCUT2D eigenvalue weighted by molar-refractivity contribution is 5.35. The van der Waals surface area contributed by atoms with Gasteiger partial charge in [0.2, 0.25) is 0 Å². The number of nitrogens with two attached hydrogens (primary N) is 1. The van der Waals surface area contributed by atoms with Gasteiger partial charge in [-0.2, -0.15) is 0 Å². The van der Waals surface area contributed by atoms with E-state index in [0.717, 1.165) is 30.6 Å². The monoisotopic (exact) mass is 285 g/mol. The molecule has 0 saturated heterocycles.